The number of carbonyl (C=O) groups excluding carboxylic acids is 1. The van der Waals surface area contributed by atoms with Crippen LogP contribution in [0.3, 0.4) is 0 Å². The third-order valence-electron chi connectivity index (χ3n) is 3.81. The number of hydrogen-bond acceptors (Lipinski definition) is 5. The molecule has 0 bridgehead atoms. The number of ether oxygens (including phenoxy) is 1. The molecule has 5 nitrogen and oxygen atoms in total. The molecule has 3 rings (SSSR count). The van der Waals surface area contributed by atoms with Gasteiger partial charge in [0.2, 0.25) is 0 Å². The topological polar surface area (TPSA) is 69.7 Å². The number of benzene rings is 3. The van der Waals surface area contributed by atoms with Gasteiger partial charge < -0.3 is 8.92 Å². The molecule has 154 valence electrons. The average molecular weight is 430 g/mol. The first-order valence-corrected chi connectivity index (χ1v) is 10.3. The van der Waals surface area contributed by atoms with Crippen LogP contribution in [0, 0.1) is 11.6 Å². The molecule has 0 aliphatic carbocycles. The van der Waals surface area contributed by atoms with Gasteiger partial charge in [0.1, 0.15) is 17.3 Å². The van der Waals surface area contributed by atoms with Crippen molar-refractivity contribution in [2.45, 2.75) is 5.75 Å². The number of carbonyl (C=O) groups is 1. The standard InChI is InChI=1S/C22H16F2O5S/c23-20-12-11-19(14-21(20)24)28-22(25)13-8-16-6-9-18(10-7-16)29-30(26,27)15-17-4-2-1-3-5-17/h1-14H,15H2/b13-8+. The van der Waals surface area contributed by atoms with E-state index < -0.39 is 27.7 Å². The van der Waals surface area contributed by atoms with Crippen LogP contribution in [-0.2, 0) is 20.7 Å². The summed E-state index contributed by atoms with van der Waals surface area (Å²) in [6, 6.07) is 17.4. The lowest BCUT2D eigenvalue weighted by Gasteiger charge is -2.07. The lowest BCUT2D eigenvalue weighted by Crippen LogP contribution is -2.12. The highest BCUT2D eigenvalue weighted by Gasteiger charge is 2.14. The molecule has 0 aliphatic heterocycles. The van der Waals surface area contributed by atoms with Gasteiger partial charge in [-0.15, -0.1) is 0 Å². The van der Waals surface area contributed by atoms with Gasteiger partial charge in [-0.2, -0.15) is 8.42 Å². The molecule has 0 fully saturated rings. The molecule has 0 heterocycles. The smallest absolute Gasteiger partial charge is 0.336 e. The Balaban J connectivity index is 1.58. The van der Waals surface area contributed by atoms with Crippen molar-refractivity contribution in [2.24, 2.45) is 0 Å². The van der Waals surface area contributed by atoms with Crippen molar-refractivity contribution in [3.05, 3.63) is 102 Å². The van der Waals surface area contributed by atoms with Crippen LogP contribution in [0.4, 0.5) is 8.78 Å². The summed E-state index contributed by atoms with van der Waals surface area (Å²) in [5.41, 5.74) is 1.18. The van der Waals surface area contributed by atoms with Crippen molar-refractivity contribution < 1.29 is 30.9 Å². The van der Waals surface area contributed by atoms with Gasteiger partial charge in [-0.3, -0.25) is 0 Å². The highest BCUT2D eigenvalue weighted by Crippen LogP contribution is 2.18. The van der Waals surface area contributed by atoms with E-state index in [2.05, 4.69) is 0 Å². The van der Waals surface area contributed by atoms with Gasteiger partial charge in [0.15, 0.2) is 11.6 Å². The minimum absolute atomic E-state index is 0.129. The number of esters is 1. The third-order valence-corrected chi connectivity index (χ3v) is 4.94. The Bertz CT molecular complexity index is 1160. The zero-order chi connectivity index (χ0) is 21.6. The highest BCUT2D eigenvalue weighted by molar-refractivity contribution is 7.86. The summed E-state index contributed by atoms with van der Waals surface area (Å²) < 4.78 is 60.2. The molecule has 0 atom stereocenters. The van der Waals surface area contributed by atoms with Gasteiger partial charge in [0.25, 0.3) is 0 Å². The van der Waals surface area contributed by atoms with E-state index in [0.717, 1.165) is 24.3 Å². The van der Waals surface area contributed by atoms with Gasteiger partial charge >= 0.3 is 16.1 Å². The molecular formula is C22H16F2O5S. The Morgan fingerprint density at radius 1 is 0.867 bits per heavy atom. The van der Waals surface area contributed by atoms with E-state index >= 15 is 0 Å². The zero-order valence-corrected chi connectivity index (χ0v) is 16.3. The second-order valence-electron chi connectivity index (χ2n) is 6.17. The van der Waals surface area contributed by atoms with Crippen LogP contribution in [0.25, 0.3) is 6.08 Å². The summed E-state index contributed by atoms with van der Waals surface area (Å²) in [6.07, 6.45) is 2.52. The Hall–Kier alpha value is -3.52. The molecule has 0 radical (unpaired) electrons. The van der Waals surface area contributed by atoms with Gasteiger partial charge in [-0.25, -0.2) is 13.6 Å². The maximum atomic E-state index is 13.1. The first-order chi connectivity index (χ1) is 14.3. The Morgan fingerprint density at radius 2 is 1.53 bits per heavy atom. The number of halogens is 2. The molecule has 0 saturated heterocycles. The molecule has 3 aromatic rings. The second kappa shape index (κ2) is 9.32. The van der Waals surface area contributed by atoms with E-state index in [-0.39, 0.29) is 17.3 Å². The van der Waals surface area contributed by atoms with Gasteiger partial charge in [0.05, 0.1) is 0 Å². The monoisotopic (exact) mass is 430 g/mol. The van der Waals surface area contributed by atoms with E-state index in [1.54, 1.807) is 42.5 Å². The Morgan fingerprint density at radius 3 is 2.20 bits per heavy atom. The molecule has 0 N–H and O–H groups in total. The first kappa shape index (κ1) is 21.2. The first-order valence-electron chi connectivity index (χ1n) is 8.72. The molecular weight excluding hydrogens is 414 g/mol. The molecule has 0 amide bonds. The lowest BCUT2D eigenvalue weighted by molar-refractivity contribution is -0.128. The predicted molar refractivity (Wildman–Crippen MR) is 107 cm³/mol. The van der Waals surface area contributed by atoms with Crippen molar-refractivity contribution in [1.82, 2.24) is 0 Å². The molecule has 30 heavy (non-hydrogen) atoms. The molecule has 0 aromatic heterocycles. The van der Waals surface area contributed by atoms with Crippen LogP contribution in [0.15, 0.2) is 78.9 Å². The van der Waals surface area contributed by atoms with Crippen LogP contribution in [0.2, 0.25) is 0 Å². The minimum atomic E-state index is -3.82. The lowest BCUT2D eigenvalue weighted by atomic mass is 10.2. The fourth-order valence-corrected chi connectivity index (χ4v) is 3.51. The summed E-state index contributed by atoms with van der Waals surface area (Å²) in [7, 11) is -3.82. The molecule has 0 aliphatic rings. The Kier molecular flexibility index (Phi) is 6.58. The number of rotatable bonds is 7. The van der Waals surface area contributed by atoms with Gasteiger partial charge in [-0.05, 0) is 41.5 Å². The highest BCUT2D eigenvalue weighted by atomic mass is 32.2. The van der Waals surface area contributed by atoms with Crippen LogP contribution in [0.5, 0.6) is 11.5 Å². The maximum absolute atomic E-state index is 13.1. The van der Waals surface area contributed by atoms with E-state index in [9.17, 15) is 22.0 Å². The summed E-state index contributed by atoms with van der Waals surface area (Å²) in [5, 5.41) is 0. The number of hydrogen-bond donors (Lipinski definition) is 0. The van der Waals surface area contributed by atoms with Crippen LogP contribution < -0.4 is 8.92 Å². The molecule has 0 spiro atoms. The van der Waals surface area contributed by atoms with Crippen LogP contribution in [0.1, 0.15) is 11.1 Å². The summed E-state index contributed by atoms with van der Waals surface area (Å²) in [6.45, 7) is 0. The van der Waals surface area contributed by atoms with E-state index in [1.807, 2.05) is 0 Å². The quantitative estimate of drug-likeness (QED) is 0.239. The summed E-state index contributed by atoms with van der Waals surface area (Å²) >= 11 is 0. The van der Waals surface area contributed by atoms with Crippen molar-refractivity contribution in [1.29, 1.82) is 0 Å². The maximum Gasteiger partial charge on any atom is 0.336 e. The average Bonchev–Trinajstić information content (AvgIpc) is 2.70. The van der Waals surface area contributed by atoms with Gasteiger partial charge in [0, 0.05) is 12.1 Å². The summed E-state index contributed by atoms with van der Waals surface area (Å²) in [5.74, 6) is -3.21. The molecule has 3 aromatic carbocycles. The fraction of sp³-hybridized carbons (Fsp3) is 0.0455. The predicted octanol–water partition coefficient (Wildman–Crippen LogP) is 4.49. The zero-order valence-electron chi connectivity index (χ0n) is 15.5. The molecule has 0 saturated carbocycles. The Labute approximate surface area is 172 Å². The molecule has 0 unspecified atom stereocenters. The van der Waals surface area contributed by atoms with E-state index in [1.165, 1.54) is 18.2 Å². The fourth-order valence-electron chi connectivity index (χ4n) is 2.44. The van der Waals surface area contributed by atoms with Crippen molar-refractivity contribution in [3.8, 4) is 11.5 Å². The normalized spacial score (nSPS) is 11.4. The SMILES string of the molecule is O=C(/C=C/c1ccc(OS(=O)(=O)Cc2ccccc2)cc1)Oc1ccc(F)c(F)c1. The second-order valence-corrected chi connectivity index (χ2v) is 7.74. The van der Waals surface area contributed by atoms with Gasteiger partial charge in [-0.1, -0.05) is 42.5 Å². The van der Waals surface area contributed by atoms with Crippen LogP contribution in [-0.4, -0.2) is 14.4 Å². The van der Waals surface area contributed by atoms with Crippen LogP contribution >= 0.6 is 0 Å². The minimum Gasteiger partial charge on any atom is -0.423 e. The molecule has 8 heteroatoms. The largest absolute Gasteiger partial charge is 0.423 e. The van der Waals surface area contributed by atoms with Crippen molar-refractivity contribution in [3.63, 3.8) is 0 Å². The van der Waals surface area contributed by atoms with E-state index in [4.69, 9.17) is 8.92 Å². The van der Waals surface area contributed by atoms with E-state index in [0.29, 0.717) is 11.1 Å². The summed E-state index contributed by atoms with van der Waals surface area (Å²) in [4.78, 5) is 11.8. The van der Waals surface area contributed by atoms with Crippen molar-refractivity contribution >= 4 is 22.2 Å². The third kappa shape index (κ3) is 6.25. The van der Waals surface area contributed by atoms with Crippen molar-refractivity contribution in [2.75, 3.05) is 0 Å².